The first-order valence-electron chi connectivity index (χ1n) is 4.95. The fourth-order valence-electron chi connectivity index (χ4n) is 1.33. The molecule has 1 aliphatic heterocycles. The third-order valence-corrected chi connectivity index (χ3v) is 2.14. The van der Waals surface area contributed by atoms with Crippen molar-refractivity contribution < 1.29 is 14.2 Å². The lowest BCUT2D eigenvalue weighted by atomic mass is 10.2. The molecule has 1 N–H and O–H groups in total. The van der Waals surface area contributed by atoms with Crippen molar-refractivity contribution in [3.63, 3.8) is 0 Å². The maximum atomic E-state index is 5.45. The number of ether oxygens (including phenoxy) is 3. The molecule has 0 fully saturated rings. The Morgan fingerprint density at radius 2 is 2.43 bits per heavy atom. The van der Waals surface area contributed by atoms with E-state index in [2.05, 4.69) is 11.4 Å². The zero-order valence-corrected chi connectivity index (χ0v) is 8.91. The predicted octanol–water partition coefficient (Wildman–Crippen LogP) is 0.542. The van der Waals surface area contributed by atoms with Crippen LogP contribution in [0.2, 0.25) is 0 Å². The quantitative estimate of drug-likeness (QED) is 0.610. The molecule has 0 bridgehead atoms. The largest absolute Gasteiger partial charge is 0.496 e. The molecule has 4 nitrogen and oxygen atoms in total. The summed E-state index contributed by atoms with van der Waals surface area (Å²) in [4.78, 5) is 0. The Hall–Kier alpha value is -0.580. The summed E-state index contributed by atoms with van der Waals surface area (Å²) in [7, 11) is 3.58. The van der Waals surface area contributed by atoms with Crippen molar-refractivity contribution in [3.05, 3.63) is 11.8 Å². The molecule has 82 valence electrons. The molecule has 1 aliphatic rings. The molecule has 0 saturated heterocycles. The van der Waals surface area contributed by atoms with Gasteiger partial charge in [-0.3, -0.25) is 0 Å². The zero-order valence-electron chi connectivity index (χ0n) is 8.91. The zero-order chi connectivity index (χ0) is 10.2. The number of methoxy groups -OCH3 is 1. The highest BCUT2D eigenvalue weighted by atomic mass is 16.5. The van der Waals surface area contributed by atoms with Gasteiger partial charge < -0.3 is 19.5 Å². The van der Waals surface area contributed by atoms with Gasteiger partial charge in [0.25, 0.3) is 0 Å². The van der Waals surface area contributed by atoms with Gasteiger partial charge in [0.2, 0.25) is 0 Å². The molecule has 0 amide bonds. The normalized spacial score (nSPS) is 17.7. The summed E-state index contributed by atoms with van der Waals surface area (Å²) >= 11 is 0. The summed E-state index contributed by atoms with van der Waals surface area (Å²) in [5.74, 6) is 1.00. The highest BCUT2D eigenvalue weighted by Gasteiger charge is 2.16. The number of nitrogens with one attached hydrogen (secondary N) is 1. The smallest absolute Gasteiger partial charge is 0.111 e. The number of likely N-dealkylation sites (N-methyl/N-ethyl adjacent to an activating group) is 1. The van der Waals surface area contributed by atoms with Crippen LogP contribution in [0.25, 0.3) is 0 Å². The second-order valence-corrected chi connectivity index (χ2v) is 3.15. The van der Waals surface area contributed by atoms with Gasteiger partial charge in [0.1, 0.15) is 5.76 Å². The van der Waals surface area contributed by atoms with Gasteiger partial charge in [-0.15, -0.1) is 0 Å². The Morgan fingerprint density at radius 1 is 1.57 bits per heavy atom. The van der Waals surface area contributed by atoms with E-state index in [0.717, 1.165) is 18.8 Å². The molecule has 0 saturated carbocycles. The molecule has 0 aromatic carbocycles. The van der Waals surface area contributed by atoms with E-state index < -0.39 is 0 Å². The van der Waals surface area contributed by atoms with Crippen molar-refractivity contribution >= 4 is 0 Å². The van der Waals surface area contributed by atoms with Crippen molar-refractivity contribution in [2.24, 2.45) is 0 Å². The minimum Gasteiger partial charge on any atom is -0.496 e. The van der Waals surface area contributed by atoms with Crippen LogP contribution in [0.15, 0.2) is 11.8 Å². The summed E-state index contributed by atoms with van der Waals surface area (Å²) in [6.07, 6.45) is 3.12. The molecule has 1 heterocycles. The van der Waals surface area contributed by atoms with E-state index in [-0.39, 0.29) is 6.04 Å². The lowest BCUT2D eigenvalue weighted by Gasteiger charge is -2.17. The standard InChI is InChI=1S/C10H19NO3/c1-11-9(8-13-7-6-12-2)10-4-3-5-14-10/h4,9,11H,3,5-8H2,1-2H3. The van der Waals surface area contributed by atoms with Gasteiger partial charge >= 0.3 is 0 Å². The minimum absolute atomic E-state index is 0.175. The number of rotatable bonds is 7. The van der Waals surface area contributed by atoms with Crippen LogP contribution in [-0.4, -0.2) is 46.6 Å². The monoisotopic (exact) mass is 201 g/mol. The van der Waals surface area contributed by atoms with Gasteiger partial charge in [0, 0.05) is 13.5 Å². The fraction of sp³-hybridized carbons (Fsp3) is 0.800. The second kappa shape index (κ2) is 6.81. The summed E-state index contributed by atoms with van der Waals surface area (Å²) in [6.45, 7) is 2.69. The topological polar surface area (TPSA) is 39.7 Å². The first-order valence-corrected chi connectivity index (χ1v) is 4.95. The highest BCUT2D eigenvalue weighted by molar-refractivity contribution is 5.06. The summed E-state index contributed by atoms with van der Waals surface area (Å²) < 4.78 is 15.8. The average Bonchev–Trinajstić information content (AvgIpc) is 2.71. The number of hydrogen-bond donors (Lipinski definition) is 1. The Kier molecular flexibility index (Phi) is 5.59. The van der Waals surface area contributed by atoms with Gasteiger partial charge in [-0.1, -0.05) is 0 Å². The maximum absolute atomic E-state index is 5.45. The highest BCUT2D eigenvalue weighted by Crippen LogP contribution is 2.13. The summed E-state index contributed by atoms with van der Waals surface area (Å²) in [5, 5.41) is 3.16. The van der Waals surface area contributed by atoms with E-state index in [1.54, 1.807) is 7.11 Å². The van der Waals surface area contributed by atoms with Crippen molar-refractivity contribution in [1.29, 1.82) is 0 Å². The molecule has 1 atom stereocenters. The third-order valence-electron chi connectivity index (χ3n) is 2.14. The predicted molar refractivity (Wildman–Crippen MR) is 54.2 cm³/mol. The van der Waals surface area contributed by atoms with E-state index in [1.165, 1.54) is 0 Å². The summed E-state index contributed by atoms with van der Waals surface area (Å²) in [6, 6.07) is 0.175. The van der Waals surface area contributed by atoms with Crippen LogP contribution in [0, 0.1) is 0 Å². The van der Waals surface area contributed by atoms with E-state index in [1.807, 2.05) is 7.05 Å². The second-order valence-electron chi connectivity index (χ2n) is 3.15. The van der Waals surface area contributed by atoms with Crippen molar-refractivity contribution in [2.75, 3.05) is 40.6 Å². The van der Waals surface area contributed by atoms with Crippen LogP contribution in [-0.2, 0) is 14.2 Å². The Labute approximate surface area is 85.2 Å². The van der Waals surface area contributed by atoms with Crippen LogP contribution in [0.1, 0.15) is 6.42 Å². The van der Waals surface area contributed by atoms with Gasteiger partial charge in [0.15, 0.2) is 0 Å². The molecular formula is C10H19NO3. The van der Waals surface area contributed by atoms with E-state index >= 15 is 0 Å². The molecule has 0 spiro atoms. The van der Waals surface area contributed by atoms with Gasteiger partial charge in [-0.25, -0.2) is 0 Å². The molecule has 0 aromatic heterocycles. The van der Waals surface area contributed by atoms with Gasteiger partial charge in [-0.05, 0) is 13.1 Å². The summed E-state index contributed by atoms with van der Waals surface area (Å²) in [5.41, 5.74) is 0. The molecule has 0 aromatic rings. The van der Waals surface area contributed by atoms with Crippen molar-refractivity contribution in [2.45, 2.75) is 12.5 Å². The van der Waals surface area contributed by atoms with Crippen LogP contribution in [0.4, 0.5) is 0 Å². The molecule has 0 radical (unpaired) electrons. The van der Waals surface area contributed by atoms with E-state index in [9.17, 15) is 0 Å². The van der Waals surface area contributed by atoms with Crippen LogP contribution in [0.5, 0.6) is 0 Å². The first kappa shape index (κ1) is 11.5. The molecule has 14 heavy (non-hydrogen) atoms. The van der Waals surface area contributed by atoms with Crippen molar-refractivity contribution in [1.82, 2.24) is 5.32 Å². The van der Waals surface area contributed by atoms with Gasteiger partial charge in [0.05, 0.1) is 32.5 Å². The third kappa shape index (κ3) is 3.65. The maximum Gasteiger partial charge on any atom is 0.111 e. The Bertz CT molecular complexity index is 182. The molecule has 0 aliphatic carbocycles. The molecule has 4 heteroatoms. The molecular weight excluding hydrogens is 182 g/mol. The molecule has 1 rings (SSSR count). The lowest BCUT2D eigenvalue weighted by molar-refractivity contribution is 0.0556. The van der Waals surface area contributed by atoms with Gasteiger partial charge in [-0.2, -0.15) is 0 Å². The Morgan fingerprint density at radius 3 is 3.00 bits per heavy atom. The first-order chi connectivity index (χ1) is 6.88. The Balaban J connectivity index is 2.18. The molecule has 1 unspecified atom stereocenters. The van der Waals surface area contributed by atoms with E-state index in [4.69, 9.17) is 14.2 Å². The SMILES string of the molecule is CNC(COCCOC)C1=CCCO1. The van der Waals surface area contributed by atoms with E-state index in [0.29, 0.717) is 19.8 Å². The van der Waals surface area contributed by atoms with Crippen LogP contribution >= 0.6 is 0 Å². The number of hydrogen-bond acceptors (Lipinski definition) is 4. The van der Waals surface area contributed by atoms with Crippen molar-refractivity contribution in [3.8, 4) is 0 Å². The minimum atomic E-state index is 0.175. The van der Waals surface area contributed by atoms with Crippen LogP contribution < -0.4 is 5.32 Å². The van der Waals surface area contributed by atoms with Crippen LogP contribution in [0.3, 0.4) is 0 Å². The fourth-order valence-corrected chi connectivity index (χ4v) is 1.33. The average molecular weight is 201 g/mol. The lowest BCUT2D eigenvalue weighted by Crippen LogP contribution is -2.33.